The number of hydrogen-bond acceptors (Lipinski definition) is 4. The van der Waals surface area contributed by atoms with Gasteiger partial charge in [-0.05, 0) is 30.5 Å². The van der Waals surface area contributed by atoms with Gasteiger partial charge in [-0.15, -0.1) is 0 Å². The molecule has 23 heavy (non-hydrogen) atoms. The van der Waals surface area contributed by atoms with Crippen LogP contribution in [0.1, 0.15) is 18.4 Å². The molecule has 1 aromatic carbocycles. The first-order valence-electron chi connectivity index (χ1n) is 7.35. The number of nitrogens with one attached hydrogen (secondary N) is 1. The number of amides is 2. The lowest BCUT2D eigenvalue weighted by Crippen LogP contribution is -2.29. The summed E-state index contributed by atoms with van der Waals surface area (Å²) < 4.78 is 5.20. The number of rotatable bonds is 5. The van der Waals surface area contributed by atoms with Crippen LogP contribution in [0.15, 0.2) is 24.3 Å². The Morgan fingerprint density at radius 1 is 1.17 bits per heavy atom. The molecule has 0 spiro atoms. The number of carbonyl (C=O) groups is 3. The molecule has 7 nitrogen and oxygen atoms in total. The van der Waals surface area contributed by atoms with E-state index in [-0.39, 0.29) is 11.8 Å². The molecule has 1 aromatic rings. The number of likely N-dealkylation sites (N-methyl/N-ethyl adjacent to an activating group) is 1. The van der Waals surface area contributed by atoms with Gasteiger partial charge in [0.2, 0.25) is 5.91 Å². The summed E-state index contributed by atoms with van der Waals surface area (Å²) in [4.78, 5) is 36.0. The highest BCUT2D eigenvalue weighted by Crippen LogP contribution is 2.21. The highest BCUT2D eigenvalue weighted by Gasteiger charge is 2.34. The van der Waals surface area contributed by atoms with Crippen LogP contribution >= 0.6 is 0 Å². The second-order valence-electron chi connectivity index (χ2n) is 5.68. The van der Waals surface area contributed by atoms with Crippen LogP contribution in [0.25, 0.3) is 0 Å². The van der Waals surface area contributed by atoms with Crippen molar-refractivity contribution in [1.82, 2.24) is 4.90 Å². The van der Waals surface area contributed by atoms with E-state index in [2.05, 4.69) is 5.32 Å². The molecule has 0 aromatic heterocycles. The maximum absolute atomic E-state index is 12.0. The van der Waals surface area contributed by atoms with Crippen molar-refractivity contribution in [2.75, 3.05) is 19.4 Å². The summed E-state index contributed by atoms with van der Waals surface area (Å²) in [5.41, 5.74) is 1.43. The second-order valence-corrected chi connectivity index (χ2v) is 5.68. The van der Waals surface area contributed by atoms with Crippen LogP contribution in [0.5, 0.6) is 0 Å². The zero-order valence-corrected chi connectivity index (χ0v) is 13.1. The van der Waals surface area contributed by atoms with Gasteiger partial charge in [-0.3, -0.25) is 9.59 Å². The first-order chi connectivity index (χ1) is 10.9. The molecule has 7 heteroatoms. The lowest BCUT2D eigenvalue weighted by molar-refractivity contribution is -0.150. The normalized spacial score (nSPS) is 20.1. The van der Waals surface area contributed by atoms with Gasteiger partial charge in [0.25, 0.3) is 5.91 Å². The molecule has 1 saturated heterocycles. The molecule has 124 valence electrons. The van der Waals surface area contributed by atoms with Crippen molar-refractivity contribution in [3.63, 3.8) is 0 Å². The van der Waals surface area contributed by atoms with E-state index in [4.69, 9.17) is 9.84 Å². The summed E-state index contributed by atoms with van der Waals surface area (Å²) in [6.45, 7) is 0. The largest absolute Gasteiger partial charge is 0.479 e. The van der Waals surface area contributed by atoms with E-state index in [0.717, 1.165) is 5.56 Å². The number of carboxylic acids is 1. The highest BCUT2D eigenvalue weighted by atomic mass is 16.5. The van der Waals surface area contributed by atoms with E-state index in [1.54, 1.807) is 38.4 Å². The van der Waals surface area contributed by atoms with Crippen molar-refractivity contribution < 1.29 is 24.2 Å². The number of carboxylic acid groups (broad SMARTS) is 1. The molecule has 0 saturated carbocycles. The maximum atomic E-state index is 12.0. The van der Waals surface area contributed by atoms with Crippen LogP contribution in [-0.2, 0) is 25.5 Å². The van der Waals surface area contributed by atoms with Crippen molar-refractivity contribution in [2.45, 2.75) is 31.5 Å². The molecule has 1 aliphatic rings. The lowest BCUT2D eigenvalue weighted by atomic mass is 10.1. The molecule has 1 aliphatic heterocycles. The van der Waals surface area contributed by atoms with Gasteiger partial charge in [0.1, 0.15) is 6.10 Å². The molecule has 0 aliphatic carbocycles. The number of anilines is 1. The van der Waals surface area contributed by atoms with Gasteiger partial charge in [-0.1, -0.05) is 12.1 Å². The van der Waals surface area contributed by atoms with Gasteiger partial charge in [-0.25, -0.2) is 4.79 Å². The number of benzene rings is 1. The fourth-order valence-electron chi connectivity index (χ4n) is 2.27. The number of nitrogens with zero attached hydrogens (tertiary/aromatic N) is 1. The average molecular weight is 320 g/mol. The molecule has 2 N–H and O–H groups in total. The fourth-order valence-corrected chi connectivity index (χ4v) is 2.27. The standard InChI is InChI=1S/C16H20N2O5/c1-18(2)14(19)9-10-3-5-11(6-4-10)17-15(20)12-7-8-13(23-12)16(21)22/h3-6,12-13H,7-9H2,1-2H3,(H,17,20)(H,21,22)/t12-,13+/m0/s1. The lowest BCUT2D eigenvalue weighted by Gasteiger charge is -2.13. The minimum Gasteiger partial charge on any atom is -0.479 e. The van der Waals surface area contributed by atoms with Crippen LogP contribution in [-0.4, -0.2) is 54.1 Å². The van der Waals surface area contributed by atoms with Crippen molar-refractivity contribution in [3.8, 4) is 0 Å². The smallest absolute Gasteiger partial charge is 0.332 e. The molecule has 2 amide bonds. The zero-order valence-electron chi connectivity index (χ0n) is 13.1. The van der Waals surface area contributed by atoms with E-state index in [1.165, 1.54) is 4.90 Å². The molecule has 0 unspecified atom stereocenters. The summed E-state index contributed by atoms with van der Waals surface area (Å²) in [5.74, 6) is -1.40. The van der Waals surface area contributed by atoms with Crippen molar-refractivity contribution in [1.29, 1.82) is 0 Å². The third kappa shape index (κ3) is 4.53. The summed E-state index contributed by atoms with van der Waals surface area (Å²) in [7, 11) is 3.39. The Balaban J connectivity index is 1.90. The molecule has 1 fully saturated rings. The maximum Gasteiger partial charge on any atom is 0.332 e. The van der Waals surface area contributed by atoms with Crippen molar-refractivity contribution >= 4 is 23.5 Å². The monoisotopic (exact) mass is 320 g/mol. The van der Waals surface area contributed by atoms with Gasteiger partial charge in [0.05, 0.1) is 6.42 Å². The Bertz CT molecular complexity index is 597. The number of carbonyl (C=O) groups excluding carboxylic acids is 2. The molecule has 1 heterocycles. The molecule has 2 rings (SSSR count). The first-order valence-corrected chi connectivity index (χ1v) is 7.35. The van der Waals surface area contributed by atoms with Gasteiger partial charge in [0.15, 0.2) is 6.10 Å². The van der Waals surface area contributed by atoms with E-state index in [1.807, 2.05) is 0 Å². The highest BCUT2D eigenvalue weighted by molar-refractivity contribution is 5.94. The van der Waals surface area contributed by atoms with Gasteiger partial charge < -0.3 is 20.1 Å². The van der Waals surface area contributed by atoms with Crippen molar-refractivity contribution in [2.24, 2.45) is 0 Å². The van der Waals surface area contributed by atoms with E-state index in [0.29, 0.717) is 24.9 Å². The summed E-state index contributed by atoms with van der Waals surface area (Å²) >= 11 is 0. The predicted octanol–water partition coefficient (Wildman–Crippen LogP) is 0.888. The predicted molar refractivity (Wildman–Crippen MR) is 83.0 cm³/mol. The zero-order chi connectivity index (χ0) is 17.0. The quantitative estimate of drug-likeness (QED) is 0.840. The summed E-state index contributed by atoms with van der Waals surface area (Å²) in [6.07, 6.45) is -0.638. The molecule has 0 bridgehead atoms. The number of ether oxygens (including phenoxy) is 1. The number of hydrogen-bond donors (Lipinski definition) is 2. The minimum absolute atomic E-state index is 0.000790. The van der Waals surface area contributed by atoms with Gasteiger partial charge in [0, 0.05) is 19.8 Å². The van der Waals surface area contributed by atoms with E-state index < -0.39 is 18.2 Å². The van der Waals surface area contributed by atoms with Crippen LogP contribution in [0.3, 0.4) is 0 Å². The molecular weight excluding hydrogens is 300 g/mol. The SMILES string of the molecule is CN(C)C(=O)Cc1ccc(NC(=O)[C@@H]2CC[C@H](C(=O)O)O2)cc1. The Morgan fingerprint density at radius 3 is 2.30 bits per heavy atom. The first kappa shape index (κ1) is 17.0. The third-order valence-corrected chi connectivity index (χ3v) is 3.66. The van der Waals surface area contributed by atoms with Crippen LogP contribution in [0.2, 0.25) is 0 Å². The molecule has 0 radical (unpaired) electrons. The summed E-state index contributed by atoms with van der Waals surface area (Å²) in [5, 5.41) is 11.6. The van der Waals surface area contributed by atoms with Crippen molar-refractivity contribution in [3.05, 3.63) is 29.8 Å². The Morgan fingerprint density at radius 2 is 1.78 bits per heavy atom. The minimum atomic E-state index is -1.05. The van der Waals surface area contributed by atoms with Gasteiger partial charge in [-0.2, -0.15) is 0 Å². The molecular formula is C16H20N2O5. The summed E-state index contributed by atoms with van der Waals surface area (Å²) in [6, 6.07) is 6.96. The van der Waals surface area contributed by atoms with E-state index in [9.17, 15) is 14.4 Å². The van der Waals surface area contributed by atoms with Crippen LogP contribution < -0.4 is 5.32 Å². The fraction of sp³-hybridized carbons (Fsp3) is 0.438. The molecule has 2 atom stereocenters. The topological polar surface area (TPSA) is 95.9 Å². The Hall–Kier alpha value is -2.41. The third-order valence-electron chi connectivity index (χ3n) is 3.66. The van der Waals surface area contributed by atoms with E-state index >= 15 is 0 Å². The number of aliphatic carboxylic acids is 1. The van der Waals surface area contributed by atoms with Gasteiger partial charge >= 0.3 is 5.97 Å². The second kappa shape index (κ2) is 7.23. The Labute approximate surface area is 134 Å². The van der Waals surface area contributed by atoms with Crippen LogP contribution in [0.4, 0.5) is 5.69 Å². The van der Waals surface area contributed by atoms with Crippen LogP contribution in [0, 0.1) is 0 Å². The Kier molecular flexibility index (Phi) is 5.33. The average Bonchev–Trinajstić information content (AvgIpc) is 2.99.